The first-order chi connectivity index (χ1) is 12.0. The van der Waals surface area contributed by atoms with E-state index in [0.29, 0.717) is 46.0 Å². The maximum Gasteiger partial charge on any atom is 0.350 e. The van der Waals surface area contributed by atoms with Gasteiger partial charge >= 0.3 is 5.97 Å². The number of thiazole rings is 1. The lowest BCUT2D eigenvalue weighted by atomic mass is 10.2. The number of amides is 1. The van der Waals surface area contributed by atoms with E-state index in [1.165, 1.54) is 7.11 Å². The molecule has 0 aliphatic rings. The first kappa shape index (κ1) is 18.7. The molecular formula is C17H20N2O5S. The Kier molecular flexibility index (Phi) is 6.35. The maximum absolute atomic E-state index is 12.4. The number of nitrogens with one attached hydrogen (secondary N) is 1. The first-order valence-electron chi connectivity index (χ1n) is 7.76. The summed E-state index contributed by atoms with van der Waals surface area (Å²) in [5, 5.41) is 3.01. The minimum absolute atomic E-state index is 0.328. The lowest BCUT2D eigenvalue weighted by molar-refractivity contribution is 0.0605. The Morgan fingerprint density at radius 1 is 1.16 bits per heavy atom. The molecule has 0 radical (unpaired) electrons. The number of aryl methyl sites for hydroxylation is 1. The van der Waals surface area contributed by atoms with E-state index in [9.17, 15) is 9.59 Å². The second-order valence-electron chi connectivity index (χ2n) is 4.91. The summed E-state index contributed by atoms with van der Waals surface area (Å²) in [4.78, 5) is 28.6. The number of nitrogens with zero attached hydrogens (tertiary/aromatic N) is 1. The van der Waals surface area contributed by atoms with Crippen LogP contribution < -0.4 is 14.8 Å². The molecule has 1 heterocycles. The van der Waals surface area contributed by atoms with Crippen LogP contribution in [0.3, 0.4) is 0 Å². The van der Waals surface area contributed by atoms with Crippen LogP contribution in [0.5, 0.6) is 11.5 Å². The van der Waals surface area contributed by atoms with Crippen molar-refractivity contribution in [3.8, 4) is 11.5 Å². The third kappa shape index (κ3) is 4.48. The molecule has 0 bridgehead atoms. The summed E-state index contributed by atoms with van der Waals surface area (Å²) in [5.74, 6) is 0.255. The molecule has 0 aliphatic heterocycles. The predicted octanol–water partition coefficient (Wildman–Crippen LogP) is 3.29. The fourth-order valence-corrected chi connectivity index (χ4v) is 2.97. The van der Waals surface area contributed by atoms with Crippen molar-refractivity contribution in [2.45, 2.75) is 20.8 Å². The third-order valence-electron chi connectivity index (χ3n) is 3.19. The van der Waals surface area contributed by atoms with Crippen LogP contribution >= 0.6 is 11.3 Å². The van der Waals surface area contributed by atoms with Gasteiger partial charge in [0.05, 0.1) is 26.0 Å². The number of carbonyl (C=O) groups excluding carboxylic acids is 2. The van der Waals surface area contributed by atoms with Crippen molar-refractivity contribution in [1.82, 2.24) is 4.98 Å². The predicted molar refractivity (Wildman–Crippen MR) is 94.9 cm³/mol. The molecule has 1 N–H and O–H groups in total. The molecule has 0 saturated carbocycles. The highest BCUT2D eigenvalue weighted by Gasteiger charge is 2.18. The minimum atomic E-state index is -0.477. The van der Waals surface area contributed by atoms with E-state index in [1.807, 2.05) is 13.8 Å². The van der Waals surface area contributed by atoms with Gasteiger partial charge < -0.3 is 14.2 Å². The monoisotopic (exact) mass is 364 g/mol. The van der Waals surface area contributed by atoms with Gasteiger partial charge in [-0.05, 0) is 39.0 Å². The summed E-state index contributed by atoms with van der Waals surface area (Å²) in [5.41, 5.74) is 0.910. The van der Waals surface area contributed by atoms with Crippen LogP contribution in [-0.4, -0.2) is 37.2 Å². The van der Waals surface area contributed by atoms with Crippen LogP contribution in [0.1, 0.15) is 39.6 Å². The van der Waals surface area contributed by atoms with E-state index in [4.69, 9.17) is 9.47 Å². The van der Waals surface area contributed by atoms with E-state index in [-0.39, 0.29) is 5.91 Å². The standard InChI is InChI=1S/C17H20N2O5S/c1-5-23-12-8-7-11(9-13(12)24-6-2)15(20)19-17-18-10(3)14(25-17)16(21)22-4/h7-9H,5-6H2,1-4H3,(H,18,19,20). The van der Waals surface area contributed by atoms with Crippen LogP contribution in [0.25, 0.3) is 0 Å². The van der Waals surface area contributed by atoms with E-state index < -0.39 is 5.97 Å². The number of esters is 1. The van der Waals surface area contributed by atoms with E-state index in [1.54, 1.807) is 25.1 Å². The van der Waals surface area contributed by atoms with Crippen molar-refractivity contribution in [3.05, 3.63) is 34.3 Å². The molecule has 0 aliphatic carbocycles. The number of benzene rings is 1. The van der Waals surface area contributed by atoms with Gasteiger partial charge in [0, 0.05) is 5.56 Å². The molecule has 0 atom stereocenters. The van der Waals surface area contributed by atoms with Gasteiger partial charge in [-0.3, -0.25) is 10.1 Å². The van der Waals surface area contributed by atoms with Gasteiger partial charge in [-0.15, -0.1) is 0 Å². The van der Waals surface area contributed by atoms with Gasteiger partial charge in [0.2, 0.25) is 0 Å². The molecule has 0 saturated heterocycles. The molecule has 1 aromatic carbocycles. The van der Waals surface area contributed by atoms with Crippen molar-refractivity contribution in [2.24, 2.45) is 0 Å². The fourth-order valence-electron chi connectivity index (χ4n) is 2.09. The van der Waals surface area contributed by atoms with Gasteiger partial charge in [0.25, 0.3) is 5.91 Å². The Morgan fingerprint density at radius 3 is 2.48 bits per heavy atom. The lowest BCUT2D eigenvalue weighted by Crippen LogP contribution is -2.12. The third-order valence-corrected chi connectivity index (χ3v) is 4.25. The fraction of sp³-hybridized carbons (Fsp3) is 0.353. The van der Waals surface area contributed by atoms with Crippen LogP contribution in [0, 0.1) is 6.92 Å². The molecule has 134 valence electrons. The van der Waals surface area contributed by atoms with Gasteiger partial charge in [-0.25, -0.2) is 9.78 Å². The summed E-state index contributed by atoms with van der Waals surface area (Å²) < 4.78 is 15.7. The average Bonchev–Trinajstić information content (AvgIpc) is 2.96. The number of hydrogen-bond acceptors (Lipinski definition) is 7. The number of anilines is 1. The molecule has 8 heteroatoms. The van der Waals surface area contributed by atoms with Crippen LogP contribution in [0.15, 0.2) is 18.2 Å². The van der Waals surface area contributed by atoms with E-state index >= 15 is 0 Å². The van der Waals surface area contributed by atoms with Gasteiger partial charge in [0.15, 0.2) is 16.6 Å². The Balaban J connectivity index is 2.20. The summed E-state index contributed by atoms with van der Waals surface area (Å²) in [6.07, 6.45) is 0. The Labute approximate surface area is 149 Å². The van der Waals surface area contributed by atoms with Crippen LogP contribution in [-0.2, 0) is 4.74 Å². The molecule has 2 aromatic rings. The SMILES string of the molecule is CCOc1ccc(C(=O)Nc2nc(C)c(C(=O)OC)s2)cc1OCC. The topological polar surface area (TPSA) is 86.8 Å². The number of ether oxygens (including phenoxy) is 3. The molecule has 1 amide bonds. The number of hydrogen-bond donors (Lipinski definition) is 1. The zero-order valence-corrected chi connectivity index (χ0v) is 15.4. The van der Waals surface area contributed by atoms with Crippen LogP contribution in [0.4, 0.5) is 5.13 Å². The zero-order valence-electron chi connectivity index (χ0n) is 14.5. The summed E-state index contributed by atoms with van der Waals surface area (Å²) >= 11 is 1.07. The average molecular weight is 364 g/mol. The lowest BCUT2D eigenvalue weighted by Gasteiger charge is -2.12. The van der Waals surface area contributed by atoms with Crippen molar-refractivity contribution in [2.75, 3.05) is 25.6 Å². The maximum atomic E-state index is 12.4. The largest absolute Gasteiger partial charge is 0.490 e. The molecular weight excluding hydrogens is 344 g/mol. The Bertz CT molecular complexity index is 772. The van der Waals surface area contributed by atoms with Gasteiger partial charge in [-0.2, -0.15) is 0 Å². The molecule has 0 unspecified atom stereocenters. The number of rotatable bonds is 7. The second-order valence-corrected chi connectivity index (χ2v) is 5.91. The van der Waals surface area contributed by atoms with Crippen molar-refractivity contribution < 1.29 is 23.8 Å². The number of carbonyl (C=O) groups is 2. The highest BCUT2D eigenvalue weighted by atomic mass is 32.1. The van der Waals surface area contributed by atoms with Crippen molar-refractivity contribution >= 4 is 28.3 Å². The number of methoxy groups -OCH3 is 1. The normalized spacial score (nSPS) is 10.2. The Hall–Kier alpha value is -2.61. The molecule has 2 rings (SSSR count). The first-order valence-corrected chi connectivity index (χ1v) is 8.58. The molecule has 7 nitrogen and oxygen atoms in total. The molecule has 25 heavy (non-hydrogen) atoms. The quantitative estimate of drug-likeness (QED) is 0.759. The second kappa shape index (κ2) is 8.48. The van der Waals surface area contributed by atoms with E-state index in [2.05, 4.69) is 15.0 Å². The molecule has 0 fully saturated rings. The molecule has 1 aromatic heterocycles. The minimum Gasteiger partial charge on any atom is -0.490 e. The Morgan fingerprint density at radius 2 is 1.84 bits per heavy atom. The van der Waals surface area contributed by atoms with Crippen molar-refractivity contribution in [1.29, 1.82) is 0 Å². The van der Waals surface area contributed by atoms with Crippen molar-refractivity contribution in [3.63, 3.8) is 0 Å². The molecule has 0 spiro atoms. The highest BCUT2D eigenvalue weighted by Crippen LogP contribution is 2.29. The van der Waals surface area contributed by atoms with Gasteiger partial charge in [0.1, 0.15) is 4.88 Å². The van der Waals surface area contributed by atoms with Crippen LogP contribution in [0.2, 0.25) is 0 Å². The number of aromatic nitrogens is 1. The highest BCUT2D eigenvalue weighted by molar-refractivity contribution is 7.17. The summed E-state index contributed by atoms with van der Waals surface area (Å²) in [7, 11) is 1.30. The van der Waals surface area contributed by atoms with E-state index in [0.717, 1.165) is 11.3 Å². The summed E-state index contributed by atoms with van der Waals surface area (Å²) in [6, 6.07) is 4.95. The smallest absolute Gasteiger partial charge is 0.350 e. The van der Waals surface area contributed by atoms with Gasteiger partial charge in [-0.1, -0.05) is 11.3 Å². The summed E-state index contributed by atoms with van der Waals surface area (Å²) in [6.45, 7) is 6.37. The zero-order chi connectivity index (χ0) is 18.4.